The molecule has 0 unspecified atom stereocenters. The first-order chi connectivity index (χ1) is 8.11. The molecule has 1 aromatic heterocycles. The van der Waals surface area contributed by atoms with Crippen molar-refractivity contribution in [2.75, 3.05) is 6.54 Å². The molecule has 0 saturated carbocycles. The Morgan fingerprint density at radius 2 is 2.28 bits per heavy atom. The van der Waals surface area contributed by atoms with Crippen LogP contribution in [0.4, 0.5) is 0 Å². The summed E-state index contributed by atoms with van der Waals surface area (Å²) in [6.45, 7) is 7.96. The van der Waals surface area contributed by atoms with Gasteiger partial charge in [0.2, 0.25) is 0 Å². The highest BCUT2D eigenvalue weighted by Gasteiger charge is 2.00. The van der Waals surface area contributed by atoms with E-state index >= 15 is 0 Å². The lowest BCUT2D eigenvalue weighted by atomic mass is 10.1. The van der Waals surface area contributed by atoms with Crippen molar-refractivity contribution in [1.82, 2.24) is 10.3 Å². The Balaban J connectivity index is 0.00000289. The molecule has 0 aliphatic carbocycles. The van der Waals surface area contributed by atoms with Gasteiger partial charge in [0.05, 0.1) is 6.54 Å². The first-order valence-corrected chi connectivity index (χ1v) is 6.90. The zero-order valence-electron chi connectivity index (χ0n) is 11.3. The van der Waals surface area contributed by atoms with Gasteiger partial charge in [0, 0.05) is 17.6 Å². The predicted octanol–water partition coefficient (Wildman–Crippen LogP) is 2.77. The fourth-order valence-electron chi connectivity index (χ4n) is 1.28. The van der Waals surface area contributed by atoms with Gasteiger partial charge in [-0.1, -0.05) is 20.8 Å². The summed E-state index contributed by atoms with van der Waals surface area (Å²) in [5, 5.41) is 4.13. The van der Waals surface area contributed by atoms with Crippen LogP contribution in [-0.4, -0.2) is 17.5 Å². The van der Waals surface area contributed by atoms with Crippen LogP contribution in [0.3, 0.4) is 0 Å². The number of nitrogens with two attached hydrogens (primary N) is 1. The van der Waals surface area contributed by atoms with Gasteiger partial charge in [0.25, 0.3) is 0 Å². The van der Waals surface area contributed by atoms with Crippen LogP contribution in [-0.2, 0) is 13.0 Å². The third-order valence-corrected chi connectivity index (χ3v) is 3.49. The zero-order chi connectivity index (χ0) is 12.7. The second-order valence-electron chi connectivity index (χ2n) is 4.38. The number of nitrogens with zero attached hydrogens (tertiary/aromatic N) is 2. The number of nitrogens with one attached hydrogen (secondary N) is 1. The van der Waals surface area contributed by atoms with Gasteiger partial charge >= 0.3 is 0 Å². The zero-order valence-corrected chi connectivity index (χ0v) is 14.4. The second kappa shape index (κ2) is 9.55. The molecule has 1 aromatic rings. The van der Waals surface area contributed by atoms with Gasteiger partial charge in [-0.2, -0.15) is 0 Å². The van der Waals surface area contributed by atoms with Crippen molar-refractivity contribution in [3.63, 3.8) is 0 Å². The van der Waals surface area contributed by atoms with Gasteiger partial charge in [-0.05, 0) is 18.8 Å². The Morgan fingerprint density at radius 1 is 1.56 bits per heavy atom. The molecule has 0 radical (unpaired) electrons. The lowest BCUT2D eigenvalue weighted by molar-refractivity contribution is 0.576. The molecule has 4 nitrogen and oxygen atoms in total. The Kier molecular flexibility index (Phi) is 9.35. The van der Waals surface area contributed by atoms with Crippen molar-refractivity contribution in [1.29, 1.82) is 0 Å². The lowest BCUT2D eigenvalue weighted by Gasteiger charge is -2.06. The van der Waals surface area contributed by atoms with Crippen molar-refractivity contribution >= 4 is 41.3 Å². The van der Waals surface area contributed by atoms with Crippen molar-refractivity contribution in [3.05, 3.63) is 16.1 Å². The smallest absolute Gasteiger partial charge is 0.189 e. The van der Waals surface area contributed by atoms with E-state index in [0.29, 0.717) is 18.4 Å². The average Bonchev–Trinajstić information content (AvgIpc) is 2.73. The first-order valence-electron chi connectivity index (χ1n) is 6.09. The third kappa shape index (κ3) is 7.15. The molecule has 0 aromatic carbocycles. The molecule has 0 saturated heterocycles. The molecule has 1 rings (SSSR count). The number of rotatable bonds is 6. The topological polar surface area (TPSA) is 63.3 Å². The molecule has 18 heavy (non-hydrogen) atoms. The minimum Gasteiger partial charge on any atom is -0.370 e. The molecule has 3 N–H and O–H groups in total. The molecule has 0 aliphatic rings. The molecule has 0 spiro atoms. The van der Waals surface area contributed by atoms with E-state index in [-0.39, 0.29) is 24.0 Å². The highest BCUT2D eigenvalue weighted by atomic mass is 127. The Hall–Kier alpha value is -0.370. The van der Waals surface area contributed by atoms with Crippen LogP contribution in [0.2, 0.25) is 0 Å². The maximum Gasteiger partial charge on any atom is 0.189 e. The van der Waals surface area contributed by atoms with Gasteiger partial charge in [0.1, 0.15) is 5.01 Å². The van der Waals surface area contributed by atoms with Crippen LogP contribution in [0.1, 0.15) is 37.1 Å². The van der Waals surface area contributed by atoms with Crippen LogP contribution < -0.4 is 11.1 Å². The van der Waals surface area contributed by atoms with E-state index in [0.717, 1.165) is 24.4 Å². The predicted molar refractivity (Wildman–Crippen MR) is 89.7 cm³/mol. The first kappa shape index (κ1) is 17.6. The van der Waals surface area contributed by atoms with Crippen molar-refractivity contribution in [2.24, 2.45) is 16.6 Å². The molecule has 0 fully saturated rings. The number of halogens is 1. The van der Waals surface area contributed by atoms with E-state index in [1.165, 1.54) is 4.88 Å². The highest BCUT2D eigenvalue weighted by molar-refractivity contribution is 14.0. The molecular formula is C12H23IN4S. The lowest BCUT2D eigenvalue weighted by Crippen LogP contribution is -2.32. The summed E-state index contributed by atoms with van der Waals surface area (Å²) < 4.78 is 0. The summed E-state index contributed by atoms with van der Waals surface area (Å²) in [5.41, 5.74) is 5.76. The summed E-state index contributed by atoms with van der Waals surface area (Å²) in [6.07, 6.45) is 4.05. The summed E-state index contributed by atoms with van der Waals surface area (Å²) in [7, 11) is 0. The standard InChI is InChI=1S/C12H22N4S.HI/c1-4-10-7-15-11(17-10)8-16-12(13)14-6-5-9(2)3;/h7,9H,4-6,8H2,1-3H3,(H3,13,14,16);1H. The number of aromatic nitrogens is 1. The number of hydrogen-bond acceptors (Lipinski definition) is 3. The molecule has 104 valence electrons. The average molecular weight is 382 g/mol. The fourth-order valence-corrected chi connectivity index (χ4v) is 2.07. The van der Waals surface area contributed by atoms with E-state index in [1.54, 1.807) is 11.3 Å². The molecular weight excluding hydrogens is 359 g/mol. The maximum absolute atomic E-state index is 5.76. The van der Waals surface area contributed by atoms with Gasteiger partial charge in [0.15, 0.2) is 5.96 Å². The molecule has 0 atom stereocenters. The fraction of sp³-hybridized carbons (Fsp3) is 0.667. The molecule has 1 heterocycles. The quantitative estimate of drug-likeness (QED) is 0.452. The summed E-state index contributed by atoms with van der Waals surface area (Å²) >= 11 is 1.70. The number of aryl methyl sites for hydroxylation is 1. The monoisotopic (exact) mass is 382 g/mol. The Labute approximate surface area is 131 Å². The summed E-state index contributed by atoms with van der Waals surface area (Å²) in [5.74, 6) is 1.19. The molecule has 0 amide bonds. The molecule has 6 heteroatoms. The van der Waals surface area contributed by atoms with Gasteiger partial charge in [-0.15, -0.1) is 35.3 Å². The molecule has 0 aliphatic heterocycles. The van der Waals surface area contributed by atoms with E-state index in [4.69, 9.17) is 5.73 Å². The number of hydrogen-bond donors (Lipinski definition) is 2. The minimum atomic E-state index is 0. The molecule has 0 bridgehead atoms. The van der Waals surface area contributed by atoms with E-state index in [1.807, 2.05) is 6.20 Å². The van der Waals surface area contributed by atoms with E-state index in [9.17, 15) is 0 Å². The largest absolute Gasteiger partial charge is 0.370 e. The Bertz CT molecular complexity index is 363. The maximum atomic E-state index is 5.76. The SMILES string of the molecule is CCc1cnc(CN=C(N)NCCC(C)C)s1.I. The third-order valence-electron chi connectivity index (χ3n) is 2.36. The van der Waals surface area contributed by atoms with Gasteiger partial charge in [-0.3, -0.25) is 0 Å². The second-order valence-corrected chi connectivity index (χ2v) is 5.58. The van der Waals surface area contributed by atoms with Crippen molar-refractivity contribution in [3.8, 4) is 0 Å². The van der Waals surface area contributed by atoms with E-state index < -0.39 is 0 Å². The highest BCUT2D eigenvalue weighted by Crippen LogP contribution is 2.13. The van der Waals surface area contributed by atoms with Crippen LogP contribution >= 0.6 is 35.3 Å². The van der Waals surface area contributed by atoms with Crippen LogP contribution in [0.25, 0.3) is 0 Å². The van der Waals surface area contributed by atoms with Crippen LogP contribution in [0, 0.1) is 5.92 Å². The van der Waals surface area contributed by atoms with Gasteiger partial charge in [-0.25, -0.2) is 9.98 Å². The van der Waals surface area contributed by atoms with Crippen molar-refractivity contribution in [2.45, 2.75) is 40.2 Å². The number of thiazole rings is 1. The van der Waals surface area contributed by atoms with Crippen LogP contribution in [0.5, 0.6) is 0 Å². The van der Waals surface area contributed by atoms with Gasteiger partial charge < -0.3 is 11.1 Å². The minimum absolute atomic E-state index is 0. The van der Waals surface area contributed by atoms with E-state index in [2.05, 4.69) is 36.1 Å². The number of guanidine groups is 1. The Morgan fingerprint density at radius 3 is 2.83 bits per heavy atom. The van der Waals surface area contributed by atoms with Crippen LogP contribution in [0.15, 0.2) is 11.2 Å². The summed E-state index contributed by atoms with van der Waals surface area (Å²) in [4.78, 5) is 9.86. The normalized spacial score (nSPS) is 11.4. The number of aliphatic imine (C=N–C) groups is 1. The van der Waals surface area contributed by atoms with Crippen molar-refractivity contribution < 1.29 is 0 Å². The summed E-state index contributed by atoms with van der Waals surface area (Å²) in [6, 6.07) is 0.